The van der Waals surface area contributed by atoms with E-state index in [-0.39, 0.29) is 0 Å². The highest BCUT2D eigenvalue weighted by Gasteiger charge is 2.60. The zero-order valence-corrected chi connectivity index (χ0v) is 40.8. The van der Waals surface area contributed by atoms with Gasteiger partial charge in [-0.3, -0.25) is 18.9 Å². The number of aliphatic hydroxyl groups is 15. The third-order valence-electron chi connectivity index (χ3n) is 12.3. The van der Waals surface area contributed by atoms with Crippen LogP contribution in [0.25, 0.3) is 0 Å². The summed E-state index contributed by atoms with van der Waals surface area (Å²) in [5.74, 6) is -7.86. The molecule has 4 fully saturated rings. The third-order valence-corrected chi connectivity index (χ3v) is 12.8. The first-order valence-electron chi connectivity index (χ1n) is 22.8. The van der Waals surface area contributed by atoms with Gasteiger partial charge < -0.3 is 136 Å². The second kappa shape index (κ2) is 27.6. The van der Waals surface area contributed by atoms with Crippen molar-refractivity contribution in [1.82, 2.24) is 16.0 Å². The lowest BCUT2D eigenvalue weighted by Crippen LogP contribution is -2.71. The number of hydrogen-bond donors (Lipinski definition) is 20. The maximum Gasteiger partial charge on any atom is 0.397 e. The van der Waals surface area contributed by atoms with E-state index in [1.165, 1.54) is 0 Å². The van der Waals surface area contributed by atoms with Crippen molar-refractivity contribution in [1.29, 1.82) is 0 Å². The molecule has 436 valence electrons. The van der Waals surface area contributed by atoms with E-state index in [2.05, 4.69) is 20.1 Å². The standard InChI is InChI=1S/C39H67N3O32S/c1-11(47)40-14(5-43)31(71-36-29(59)28(58)25(55)20(70-36)10-67-75(63,64)65)24(54)17(52)9-66-35-22(42-13(3)49)27(57)32(19(8-46)69-35)72-37-30(60)34(26(56)18(7-45)68-37)74-39(38(61)62)4-15(50)21(41-12(2)48)33(73-39)23(53)16(51)6-44/h14-37,43-46,50-60H,4-10H2,1-3H3,(H,40,47)(H,41,48)(H,42,49)(H,61,62)(H,63,64,65)/t14-,15-,16+,17+,18+,19+,20+,21+,22+,23+,24-,25-,26-,27+,28-,29+,30+,31+,32+,33+,34-,35+,36-,37-,39-/m0/s1. The van der Waals surface area contributed by atoms with Crippen molar-refractivity contribution in [3.63, 3.8) is 0 Å². The fraction of sp³-hybridized carbons (Fsp3) is 0.897. The van der Waals surface area contributed by atoms with Gasteiger partial charge in [0.05, 0.1) is 57.8 Å². The number of amides is 3. The van der Waals surface area contributed by atoms with Crippen LogP contribution in [0.5, 0.6) is 0 Å². The van der Waals surface area contributed by atoms with E-state index >= 15 is 0 Å². The molecule has 4 aliphatic heterocycles. The minimum absolute atomic E-state index is 0.828. The van der Waals surface area contributed by atoms with Gasteiger partial charge in [-0.15, -0.1) is 0 Å². The molecule has 20 N–H and O–H groups in total. The summed E-state index contributed by atoms with van der Waals surface area (Å²) in [5.41, 5.74) is 0. The lowest BCUT2D eigenvalue weighted by molar-refractivity contribution is -0.383. The van der Waals surface area contributed by atoms with Gasteiger partial charge in [-0.25, -0.2) is 8.98 Å². The predicted octanol–water partition coefficient (Wildman–Crippen LogP) is -12.8. The van der Waals surface area contributed by atoms with Crippen molar-refractivity contribution >= 4 is 34.1 Å². The summed E-state index contributed by atoms with van der Waals surface area (Å²) >= 11 is 0. The number of carboxylic acids is 1. The van der Waals surface area contributed by atoms with Crippen LogP contribution in [0.15, 0.2) is 0 Å². The van der Waals surface area contributed by atoms with Crippen molar-refractivity contribution in [2.45, 2.75) is 180 Å². The van der Waals surface area contributed by atoms with E-state index in [9.17, 15) is 109 Å². The van der Waals surface area contributed by atoms with E-state index in [0.717, 1.165) is 20.8 Å². The van der Waals surface area contributed by atoms with Gasteiger partial charge in [0.15, 0.2) is 18.9 Å². The number of ether oxygens (including phenoxy) is 8. The number of carboxylic acid groups (broad SMARTS) is 1. The minimum Gasteiger partial charge on any atom is -0.477 e. The Morgan fingerprint density at radius 1 is 0.680 bits per heavy atom. The van der Waals surface area contributed by atoms with Crippen LogP contribution in [0.3, 0.4) is 0 Å². The van der Waals surface area contributed by atoms with E-state index in [4.69, 9.17) is 42.4 Å². The summed E-state index contributed by atoms with van der Waals surface area (Å²) in [4.78, 5) is 49.5. The Bertz CT molecular complexity index is 1980. The van der Waals surface area contributed by atoms with Gasteiger partial charge in [0.25, 0.3) is 5.79 Å². The predicted molar refractivity (Wildman–Crippen MR) is 231 cm³/mol. The van der Waals surface area contributed by atoms with Crippen molar-refractivity contribution < 1.29 is 156 Å². The van der Waals surface area contributed by atoms with Crippen LogP contribution in [0.4, 0.5) is 0 Å². The highest BCUT2D eigenvalue weighted by Crippen LogP contribution is 2.39. The Kier molecular flexibility index (Phi) is 23.7. The Hall–Kier alpha value is -3.17. The first-order valence-corrected chi connectivity index (χ1v) is 24.2. The van der Waals surface area contributed by atoms with Crippen molar-refractivity contribution in [2.24, 2.45) is 0 Å². The van der Waals surface area contributed by atoms with Crippen molar-refractivity contribution in [3.05, 3.63) is 0 Å². The Morgan fingerprint density at radius 2 is 1.27 bits per heavy atom. The zero-order chi connectivity index (χ0) is 56.6. The topological polar surface area (TPSA) is 565 Å². The minimum atomic E-state index is -5.15. The molecule has 0 aliphatic carbocycles. The summed E-state index contributed by atoms with van der Waals surface area (Å²) in [5, 5.41) is 178. The SMILES string of the molecule is CC(=O)N[C@H]1[C@H](OC[C@@H](O)[C@H](O)[C@H](O[C@@H]2O[C@H](COS(=O)(=O)O)[C@H](O)[C@H](O)[C@H]2O)[C@H](CO)NC(C)=O)O[C@H](CO)[C@@H](O[C@@H]2O[C@H](CO)[C@H](O)[C@H](O[C@]3(C(=O)O)C[C@H](O)[C@@H](NC(C)=O)[C@H]([C@H](O)[C@H](O)CO)O3)[C@H]2O)[C@@H]1O. The third kappa shape index (κ3) is 16.0. The molecule has 0 unspecified atom stereocenters. The Labute approximate surface area is 424 Å². The molecule has 4 heterocycles. The maximum absolute atomic E-state index is 12.9. The van der Waals surface area contributed by atoms with Gasteiger partial charge in [-0.05, 0) is 0 Å². The molecule has 3 amide bonds. The van der Waals surface area contributed by atoms with Crippen molar-refractivity contribution in [2.75, 3.05) is 39.6 Å². The van der Waals surface area contributed by atoms with Gasteiger partial charge in [0.1, 0.15) is 110 Å². The first kappa shape index (κ1) is 64.4. The van der Waals surface area contributed by atoms with Crippen LogP contribution < -0.4 is 16.0 Å². The Balaban J connectivity index is 1.58. The van der Waals surface area contributed by atoms with Crippen LogP contribution in [-0.4, -0.2) is 311 Å². The molecule has 0 radical (unpaired) electrons. The number of rotatable bonds is 25. The summed E-state index contributed by atoms with van der Waals surface area (Å²) in [6, 6.07) is -5.18. The van der Waals surface area contributed by atoms with Crippen LogP contribution in [0.2, 0.25) is 0 Å². The number of nitrogens with one attached hydrogen (secondary N) is 3. The van der Waals surface area contributed by atoms with Gasteiger partial charge in [-0.2, -0.15) is 8.42 Å². The summed E-state index contributed by atoms with van der Waals surface area (Å²) in [6.07, 6.45) is -45.6. The largest absolute Gasteiger partial charge is 0.477 e. The van der Waals surface area contributed by atoms with Gasteiger partial charge in [0.2, 0.25) is 17.7 Å². The summed E-state index contributed by atoms with van der Waals surface area (Å²) in [7, 11) is -5.15. The van der Waals surface area contributed by atoms with Crippen LogP contribution in [0.1, 0.15) is 27.2 Å². The monoisotopic (exact) mass is 1120 g/mol. The van der Waals surface area contributed by atoms with E-state index in [1.54, 1.807) is 0 Å². The molecular weight excluding hydrogens is 1050 g/mol. The molecule has 0 bridgehead atoms. The molecule has 35 nitrogen and oxygen atoms in total. The first-order chi connectivity index (χ1) is 34.9. The highest BCUT2D eigenvalue weighted by atomic mass is 32.3. The fourth-order valence-electron chi connectivity index (χ4n) is 8.59. The van der Waals surface area contributed by atoms with Gasteiger partial charge in [-0.1, -0.05) is 0 Å². The molecule has 0 spiro atoms. The van der Waals surface area contributed by atoms with Gasteiger partial charge >= 0.3 is 16.4 Å². The zero-order valence-electron chi connectivity index (χ0n) is 39.9. The molecule has 0 aromatic heterocycles. The maximum atomic E-state index is 12.9. The number of hydrogen-bond acceptors (Lipinski definition) is 30. The van der Waals surface area contributed by atoms with E-state index < -0.39 is 233 Å². The van der Waals surface area contributed by atoms with Crippen LogP contribution in [-0.2, 0) is 71.7 Å². The van der Waals surface area contributed by atoms with Crippen LogP contribution in [0, 0.1) is 0 Å². The number of carbonyl (C=O) groups excluding carboxylic acids is 3. The quantitative estimate of drug-likeness (QED) is 0.0378. The molecule has 4 rings (SSSR count). The average Bonchev–Trinajstić information content (AvgIpc) is 3.34. The lowest BCUT2D eigenvalue weighted by Gasteiger charge is -2.51. The molecule has 0 saturated carbocycles. The highest BCUT2D eigenvalue weighted by molar-refractivity contribution is 7.80. The second-order valence-corrected chi connectivity index (χ2v) is 19.0. The molecule has 36 heteroatoms. The van der Waals surface area contributed by atoms with E-state index in [0.29, 0.717) is 0 Å². The summed E-state index contributed by atoms with van der Waals surface area (Å²) < 4.78 is 80.3. The van der Waals surface area contributed by atoms with Gasteiger partial charge in [0, 0.05) is 27.2 Å². The normalized spacial score (nSPS) is 39.0. The molecule has 0 aromatic carbocycles. The average molecular weight is 1120 g/mol. The smallest absolute Gasteiger partial charge is 0.397 e. The fourth-order valence-corrected chi connectivity index (χ4v) is 8.89. The number of aliphatic hydroxyl groups excluding tert-OH is 15. The second-order valence-electron chi connectivity index (χ2n) is 17.9. The molecule has 75 heavy (non-hydrogen) atoms. The van der Waals surface area contributed by atoms with Crippen molar-refractivity contribution in [3.8, 4) is 0 Å². The van der Waals surface area contributed by atoms with Crippen LogP contribution >= 0.6 is 0 Å². The molecular formula is C39H67N3O32S. The molecule has 0 aromatic rings. The molecule has 25 atom stereocenters. The Morgan fingerprint density at radius 3 is 1.80 bits per heavy atom. The van der Waals surface area contributed by atoms with E-state index in [1.807, 2.05) is 0 Å². The molecule has 4 saturated heterocycles. The lowest BCUT2D eigenvalue weighted by atomic mass is 9.88. The summed E-state index contributed by atoms with van der Waals surface area (Å²) in [6.45, 7) is -3.85. The number of aliphatic carboxylic acids is 1. The number of carbonyl (C=O) groups is 4. The molecule has 4 aliphatic rings.